The molecular weight excluding hydrogens is 279 g/mol. The van der Waals surface area contributed by atoms with Crippen LogP contribution in [0.2, 0.25) is 10.0 Å². The Bertz CT molecular complexity index is 624. The van der Waals surface area contributed by atoms with E-state index in [2.05, 4.69) is 6.07 Å². The van der Waals surface area contributed by atoms with Crippen molar-refractivity contribution in [3.63, 3.8) is 0 Å². The summed E-state index contributed by atoms with van der Waals surface area (Å²) in [6.45, 7) is 0. The molecule has 1 N–H and O–H groups in total. The Balaban J connectivity index is 1.98. The van der Waals surface area contributed by atoms with Crippen molar-refractivity contribution in [1.29, 1.82) is 0 Å². The van der Waals surface area contributed by atoms with Gasteiger partial charge in [-0.2, -0.15) is 0 Å². The lowest BCUT2D eigenvalue weighted by Gasteiger charge is -2.24. The summed E-state index contributed by atoms with van der Waals surface area (Å²) < 4.78 is 0. The van der Waals surface area contributed by atoms with E-state index in [9.17, 15) is 5.11 Å². The van der Waals surface area contributed by atoms with Gasteiger partial charge in [0, 0.05) is 16.5 Å². The van der Waals surface area contributed by atoms with Gasteiger partial charge in [0.2, 0.25) is 0 Å². The fourth-order valence-corrected chi connectivity index (χ4v) is 3.22. The van der Waals surface area contributed by atoms with Crippen molar-refractivity contribution in [3.8, 4) is 0 Å². The van der Waals surface area contributed by atoms with E-state index in [1.165, 1.54) is 5.56 Å². The van der Waals surface area contributed by atoms with E-state index >= 15 is 0 Å². The SMILES string of the molecule is OC1(Cc2cc(Cl)ccc2Cl)CCc2ccccc21. The fourth-order valence-electron chi connectivity index (χ4n) is 2.85. The lowest BCUT2D eigenvalue weighted by atomic mass is 9.89. The van der Waals surface area contributed by atoms with Crippen molar-refractivity contribution in [3.05, 3.63) is 69.2 Å². The van der Waals surface area contributed by atoms with Crippen LogP contribution in [0.5, 0.6) is 0 Å². The van der Waals surface area contributed by atoms with Crippen LogP contribution in [0.15, 0.2) is 42.5 Å². The van der Waals surface area contributed by atoms with E-state index in [1.54, 1.807) is 12.1 Å². The van der Waals surface area contributed by atoms with Crippen LogP contribution in [-0.2, 0) is 18.4 Å². The molecule has 0 bridgehead atoms. The van der Waals surface area contributed by atoms with Gasteiger partial charge in [0.05, 0.1) is 5.60 Å². The predicted molar refractivity (Wildman–Crippen MR) is 78.8 cm³/mol. The molecule has 1 aliphatic rings. The van der Waals surface area contributed by atoms with Crippen LogP contribution in [0.1, 0.15) is 23.1 Å². The van der Waals surface area contributed by atoms with Crippen molar-refractivity contribution >= 4 is 23.2 Å². The van der Waals surface area contributed by atoms with Gasteiger partial charge in [-0.1, -0.05) is 47.5 Å². The molecule has 2 aromatic rings. The molecule has 19 heavy (non-hydrogen) atoms. The smallest absolute Gasteiger partial charge is 0.0943 e. The summed E-state index contributed by atoms with van der Waals surface area (Å²) in [5, 5.41) is 12.2. The fraction of sp³-hybridized carbons (Fsp3) is 0.250. The number of rotatable bonds is 2. The average Bonchev–Trinajstić information content (AvgIpc) is 2.73. The molecule has 98 valence electrons. The number of aryl methyl sites for hydroxylation is 1. The van der Waals surface area contributed by atoms with Crippen LogP contribution in [0.4, 0.5) is 0 Å². The highest BCUT2D eigenvalue weighted by atomic mass is 35.5. The molecule has 0 aliphatic heterocycles. The molecule has 0 fully saturated rings. The van der Waals surface area contributed by atoms with E-state index in [0.29, 0.717) is 16.5 Å². The molecule has 0 saturated carbocycles. The van der Waals surface area contributed by atoms with Gasteiger partial charge in [-0.05, 0) is 47.7 Å². The van der Waals surface area contributed by atoms with E-state index < -0.39 is 5.60 Å². The largest absolute Gasteiger partial charge is 0.385 e. The highest BCUT2D eigenvalue weighted by molar-refractivity contribution is 6.33. The van der Waals surface area contributed by atoms with E-state index in [0.717, 1.165) is 24.0 Å². The van der Waals surface area contributed by atoms with Gasteiger partial charge in [0.1, 0.15) is 0 Å². The summed E-state index contributed by atoms with van der Waals surface area (Å²) in [6.07, 6.45) is 2.14. The Labute approximate surface area is 122 Å². The maximum Gasteiger partial charge on any atom is 0.0943 e. The molecule has 2 aromatic carbocycles. The van der Waals surface area contributed by atoms with Gasteiger partial charge in [0.15, 0.2) is 0 Å². The minimum atomic E-state index is -0.828. The lowest BCUT2D eigenvalue weighted by molar-refractivity contribution is 0.0390. The Morgan fingerprint density at radius 3 is 2.74 bits per heavy atom. The highest BCUT2D eigenvalue weighted by Crippen LogP contribution is 2.40. The van der Waals surface area contributed by atoms with E-state index in [-0.39, 0.29) is 0 Å². The number of hydrogen-bond donors (Lipinski definition) is 1. The Morgan fingerprint density at radius 2 is 1.89 bits per heavy atom. The van der Waals surface area contributed by atoms with Gasteiger partial charge in [-0.15, -0.1) is 0 Å². The number of hydrogen-bond acceptors (Lipinski definition) is 1. The van der Waals surface area contributed by atoms with E-state index in [1.807, 2.05) is 24.3 Å². The standard InChI is InChI=1S/C16H14Cl2O/c17-13-5-6-15(18)12(9-13)10-16(19)8-7-11-3-1-2-4-14(11)16/h1-6,9,19H,7-8,10H2. The second-order valence-corrected chi connectivity index (χ2v) is 5.94. The molecular formula is C16H14Cl2O. The molecule has 0 heterocycles. The molecule has 1 nitrogen and oxygen atoms in total. The maximum atomic E-state index is 10.9. The Morgan fingerprint density at radius 1 is 1.11 bits per heavy atom. The maximum absolute atomic E-state index is 10.9. The van der Waals surface area contributed by atoms with Crippen LogP contribution in [-0.4, -0.2) is 5.11 Å². The molecule has 0 spiro atoms. The van der Waals surface area contributed by atoms with Crippen molar-refractivity contribution in [1.82, 2.24) is 0 Å². The third-order valence-electron chi connectivity index (χ3n) is 3.82. The van der Waals surface area contributed by atoms with Crippen LogP contribution in [0, 0.1) is 0 Å². The summed E-state index contributed by atoms with van der Waals surface area (Å²) in [5.41, 5.74) is 2.31. The number of fused-ring (bicyclic) bond motifs is 1. The van der Waals surface area contributed by atoms with Crippen LogP contribution in [0.3, 0.4) is 0 Å². The van der Waals surface area contributed by atoms with Crippen molar-refractivity contribution in [2.24, 2.45) is 0 Å². The van der Waals surface area contributed by atoms with Crippen LogP contribution >= 0.6 is 23.2 Å². The highest BCUT2D eigenvalue weighted by Gasteiger charge is 2.36. The predicted octanol–water partition coefficient (Wildman–Crippen LogP) is 4.37. The Hall–Kier alpha value is -1.02. The van der Waals surface area contributed by atoms with Gasteiger partial charge >= 0.3 is 0 Å². The number of halogens is 2. The first-order chi connectivity index (χ1) is 9.08. The normalized spacial score (nSPS) is 21.4. The van der Waals surface area contributed by atoms with Crippen LogP contribution in [0.25, 0.3) is 0 Å². The molecule has 1 atom stereocenters. The van der Waals surface area contributed by atoms with Gasteiger partial charge in [-0.3, -0.25) is 0 Å². The van der Waals surface area contributed by atoms with Crippen molar-refractivity contribution < 1.29 is 5.11 Å². The third kappa shape index (κ3) is 2.38. The number of aliphatic hydroxyl groups is 1. The minimum absolute atomic E-state index is 0.503. The topological polar surface area (TPSA) is 20.2 Å². The summed E-state index contributed by atoms with van der Waals surface area (Å²) in [5.74, 6) is 0. The van der Waals surface area contributed by atoms with Crippen molar-refractivity contribution in [2.45, 2.75) is 24.9 Å². The molecule has 1 aliphatic carbocycles. The molecule has 0 radical (unpaired) electrons. The summed E-state index contributed by atoms with van der Waals surface area (Å²) in [6, 6.07) is 13.4. The quantitative estimate of drug-likeness (QED) is 0.871. The monoisotopic (exact) mass is 292 g/mol. The molecule has 0 aromatic heterocycles. The summed E-state index contributed by atoms with van der Waals surface area (Å²) >= 11 is 12.2. The summed E-state index contributed by atoms with van der Waals surface area (Å²) in [7, 11) is 0. The van der Waals surface area contributed by atoms with Crippen molar-refractivity contribution in [2.75, 3.05) is 0 Å². The minimum Gasteiger partial charge on any atom is -0.385 e. The van der Waals surface area contributed by atoms with E-state index in [4.69, 9.17) is 23.2 Å². The molecule has 0 saturated heterocycles. The zero-order valence-electron chi connectivity index (χ0n) is 10.4. The first-order valence-corrected chi connectivity index (χ1v) is 7.09. The lowest BCUT2D eigenvalue weighted by Crippen LogP contribution is -2.25. The first-order valence-electron chi connectivity index (χ1n) is 6.33. The molecule has 0 amide bonds. The van der Waals surface area contributed by atoms with Gasteiger partial charge in [-0.25, -0.2) is 0 Å². The van der Waals surface area contributed by atoms with Crippen LogP contribution < -0.4 is 0 Å². The molecule has 1 unspecified atom stereocenters. The van der Waals surface area contributed by atoms with Gasteiger partial charge < -0.3 is 5.11 Å². The first kappa shape index (κ1) is 13.0. The third-order valence-corrected chi connectivity index (χ3v) is 4.42. The second-order valence-electron chi connectivity index (χ2n) is 5.10. The number of benzene rings is 2. The second kappa shape index (κ2) is 4.82. The zero-order chi connectivity index (χ0) is 13.5. The zero-order valence-corrected chi connectivity index (χ0v) is 11.9. The molecule has 3 heteroatoms. The Kier molecular flexibility index (Phi) is 3.30. The summed E-state index contributed by atoms with van der Waals surface area (Å²) in [4.78, 5) is 0. The average molecular weight is 293 g/mol. The van der Waals surface area contributed by atoms with Gasteiger partial charge in [0.25, 0.3) is 0 Å². The molecule has 3 rings (SSSR count).